The topological polar surface area (TPSA) is 27.8 Å². The van der Waals surface area contributed by atoms with Gasteiger partial charge in [0.1, 0.15) is 11.6 Å². The number of rotatable bonds is 4. The normalized spacial score (nSPS) is 13.2. The third-order valence-electron chi connectivity index (χ3n) is 2.83. The van der Waals surface area contributed by atoms with E-state index in [2.05, 4.69) is 17.2 Å². The molecule has 0 fully saturated rings. The number of aromatic amines is 1. The molecular formula is C13H16F2N2. The summed E-state index contributed by atoms with van der Waals surface area (Å²) in [5.41, 5.74) is 1.24. The molecule has 2 nitrogen and oxygen atoms in total. The molecule has 0 saturated heterocycles. The maximum Gasteiger partial charge on any atom is 0.150 e. The number of hydrogen-bond donors (Lipinski definition) is 2. The molecule has 1 unspecified atom stereocenters. The van der Waals surface area contributed by atoms with Crippen molar-refractivity contribution in [2.24, 2.45) is 0 Å². The van der Waals surface area contributed by atoms with Crippen LogP contribution in [0.3, 0.4) is 0 Å². The second-order valence-electron chi connectivity index (χ2n) is 4.25. The van der Waals surface area contributed by atoms with Gasteiger partial charge in [0.2, 0.25) is 0 Å². The van der Waals surface area contributed by atoms with Crippen LogP contribution < -0.4 is 5.32 Å². The third-order valence-corrected chi connectivity index (χ3v) is 2.83. The Hall–Kier alpha value is -1.42. The fraction of sp³-hybridized carbons (Fsp3) is 0.385. The number of aromatic nitrogens is 1. The van der Waals surface area contributed by atoms with Gasteiger partial charge in [-0.2, -0.15) is 0 Å². The van der Waals surface area contributed by atoms with E-state index < -0.39 is 11.6 Å². The number of nitrogens with one attached hydrogen (secondary N) is 2. The molecule has 0 amide bonds. The Morgan fingerprint density at radius 2 is 2.06 bits per heavy atom. The third kappa shape index (κ3) is 2.47. The second kappa shape index (κ2) is 4.84. The number of benzene rings is 1. The largest absolute Gasteiger partial charge is 0.355 e. The van der Waals surface area contributed by atoms with E-state index in [-0.39, 0.29) is 6.04 Å². The van der Waals surface area contributed by atoms with E-state index in [1.54, 1.807) is 6.07 Å². The van der Waals surface area contributed by atoms with Crippen LogP contribution in [0.5, 0.6) is 0 Å². The first-order valence-electron chi connectivity index (χ1n) is 5.83. The Bertz CT molecular complexity index is 519. The first-order valence-corrected chi connectivity index (χ1v) is 5.83. The van der Waals surface area contributed by atoms with Gasteiger partial charge in [0.05, 0.1) is 5.52 Å². The smallest absolute Gasteiger partial charge is 0.150 e. The van der Waals surface area contributed by atoms with Crippen molar-refractivity contribution in [2.75, 3.05) is 6.54 Å². The molecule has 1 heterocycles. The van der Waals surface area contributed by atoms with Crippen LogP contribution in [-0.2, 0) is 0 Å². The molecule has 1 aromatic heterocycles. The molecule has 2 aromatic rings. The summed E-state index contributed by atoms with van der Waals surface area (Å²) in [5, 5.41) is 3.87. The van der Waals surface area contributed by atoms with Gasteiger partial charge in [-0.1, -0.05) is 6.92 Å². The lowest BCUT2D eigenvalue weighted by Crippen LogP contribution is -2.19. The Balaban J connectivity index is 2.34. The molecule has 1 atom stereocenters. The SMILES string of the molecule is CCCNC(C)c1cc2cc(F)cc(F)c2[nH]1. The minimum absolute atomic E-state index is 0.102. The van der Waals surface area contributed by atoms with Crippen LogP contribution in [0.1, 0.15) is 32.0 Å². The van der Waals surface area contributed by atoms with Gasteiger partial charge in [0.25, 0.3) is 0 Å². The molecule has 0 aliphatic heterocycles. The van der Waals surface area contributed by atoms with Crippen LogP contribution in [0.25, 0.3) is 10.9 Å². The fourth-order valence-corrected chi connectivity index (χ4v) is 1.89. The van der Waals surface area contributed by atoms with E-state index >= 15 is 0 Å². The lowest BCUT2D eigenvalue weighted by Gasteiger charge is -2.10. The maximum atomic E-state index is 13.5. The molecule has 92 valence electrons. The first-order chi connectivity index (χ1) is 8.11. The first kappa shape index (κ1) is 12.0. The van der Waals surface area contributed by atoms with Crippen molar-refractivity contribution in [3.05, 3.63) is 35.5 Å². The zero-order valence-electron chi connectivity index (χ0n) is 9.98. The molecule has 0 spiro atoms. The highest BCUT2D eigenvalue weighted by Gasteiger charge is 2.11. The molecule has 1 aromatic carbocycles. The van der Waals surface area contributed by atoms with Crippen molar-refractivity contribution in [1.29, 1.82) is 0 Å². The van der Waals surface area contributed by atoms with Crippen LogP contribution in [-0.4, -0.2) is 11.5 Å². The zero-order valence-corrected chi connectivity index (χ0v) is 9.98. The summed E-state index contributed by atoms with van der Waals surface area (Å²) in [7, 11) is 0. The van der Waals surface area contributed by atoms with Crippen molar-refractivity contribution in [3.63, 3.8) is 0 Å². The van der Waals surface area contributed by atoms with E-state index in [9.17, 15) is 8.78 Å². The van der Waals surface area contributed by atoms with E-state index in [1.165, 1.54) is 6.07 Å². The molecule has 0 radical (unpaired) electrons. The Labute approximate surface area is 99.0 Å². The Morgan fingerprint density at radius 3 is 2.76 bits per heavy atom. The van der Waals surface area contributed by atoms with Gasteiger partial charge in [0, 0.05) is 23.2 Å². The lowest BCUT2D eigenvalue weighted by atomic mass is 10.2. The van der Waals surface area contributed by atoms with Gasteiger partial charge in [-0.05, 0) is 32.0 Å². The summed E-state index contributed by atoms with van der Waals surface area (Å²) >= 11 is 0. The molecule has 2 rings (SSSR count). The molecule has 0 saturated carbocycles. The van der Waals surface area contributed by atoms with Gasteiger partial charge in [-0.3, -0.25) is 0 Å². The van der Waals surface area contributed by atoms with Crippen molar-refractivity contribution in [2.45, 2.75) is 26.3 Å². The Kier molecular flexibility index (Phi) is 3.43. The lowest BCUT2D eigenvalue weighted by molar-refractivity contribution is 0.560. The molecule has 4 heteroatoms. The standard InChI is InChI=1S/C13H16F2N2/c1-3-4-16-8(2)12-6-9-5-10(14)7-11(15)13(9)17-12/h5-8,16-17H,3-4H2,1-2H3. The van der Waals surface area contributed by atoms with Crippen LogP contribution in [0.4, 0.5) is 8.78 Å². The van der Waals surface area contributed by atoms with Crippen LogP contribution in [0.15, 0.2) is 18.2 Å². The average molecular weight is 238 g/mol. The van der Waals surface area contributed by atoms with E-state index in [4.69, 9.17) is 0 Å². The summed E-state index contributed by atoms with van der Waals surface area (Å²) in [6.07, 6.45) is 1.04. The van der Waals surface area contributed by atoms with Gasteiger partial charge < -0.3 is 10.3 Å². The number of halogens is 2. The molecular weight excluding hydrogens is 222 g/mol. The molecule has 17 heavy (non-hydrogen) atoms. The average Bonchev–Trinajstić information content (AvgIpc) is 2.69. The minimum Gasteiger partial charge on any atom is -0.355 e. The van der Waals surface area contributed by atoms with E-state index in [0.29, 0.717) is 10.9 Å². The van der Waals surface area contributed by atoms with Gasteiger partial charge in [-0.15, -0.1) is 0 Å². The van der Waals surface area contributed by atoms with Crippen molar-refractivity contribution in [1.82, 2.24) is 10.3 Å². The predicted octanol–water partition coefficient (Wildman–Crippen LogP) is 3.51. The van der Waals surface area contributed by atoms with Crippen LogP contribution in [0.2, 0.25) is 0 Å². The molecule has 0 aliphatic carbocycles. The molecule has 0 aliphatic rings. The number of fused-ring (bicyclic) bond motifs is 1. The summed E-state index contributed by atoms with van der Waals surface area (Å²) in [5.74, 6) is -1.09. The van der Waals surface area contributed by atoms with Crippen LogP contribution in [0, 0.1) is 11.6 Å². The Morgan fingerprint density at radius 1 is 1.29 bits per heavy atom. The highest BCUT2D eigenvalue weighted by Crippen LogP contribution is 2.23. The summed E-state index contributed by atoms with van der Waals surface area (Å²) in [4.78, 5) is 3.00. The number of hydrogen-bond acceptors (Lipinski definition) is 1. The highest BCUT2D eigenvalue weighted by molar-refractivity contribution is 5.81. The molecule has 2 N–H and O–H groups in total. The quantitative estimate of drug-likeness (QED) is 0.838. The van der Waals surface area contributed by atoms with Gasteiger partial charge in [0.15, 0.2) is 0 Å². The fourth-order valence-electron chi connectivity index (χ4n) is 1.89. The van der Waals surface area contributed by atoms with Crippen molar-refractivity contribution < 1.29 is 8.78 Å². The van der Waals surface area contributed by atoms with E-state index in [0.717, 1.165) is 24.7 Å². The maximum absolute atomic E-state index is 13.5. The minimum atomic E-state index is -0.547. The second-order valence-corrected chi connectivity index (χ2v) is 4.25. The van der Waals surface area contributed by atoms with E-state index in [1.807, 2.05) is 6.92 Å². The van der Waals surface area contributed by atoms with Gasteiger partial charge in [-0.25, -0.2) is 8.78 Å². The molecule has 0 bridgehead atoms. The van der Waals surface area contributed by atoms with Crippen molar-refractivity contribution >= 4 is 10.9 Å². The summed E-state index contributed by atoms with van der Waals surface area (Å²) in [6.45, 7) is 4.97. The monoisotopic (exact) mass is 238 g/mol. The zero-order chi connectivity index (χ0) is 12.4. The predicted molar refractivity (Wildman–Crippen MR) is 64.9 cm³/mol. The summed E-state index contributed by atoms with van der Waals surface area (Å²) < 4.78 is 26.5. The number of H-pyrrole nitrogens is 1. The van der Waals surface area contributed by atoms with Gasteiger partial charge >= 0.3 is 0 Å². The van der Waals surface area contributed by atoms with Crippen LogP contribution >= 0.6 is 0 Å². The highest BCUT2D eigenvalue weighted by atomic mass is 19.1. The van der Waals surface area contributed by atoms with Crippen molar-refractivity contribution in [3.8, 4) is 0 Å². The summed E-state index contributed by atoms with van der Waals surface area (Å²) in [6, 6.07) is 4.12.